The number of rotatable bonds is 2. The summed E-state index contributed by atoms with van der Waals surface area (Å²) in [6.07, 6.45) is -0.744. The average Bonchev–Trinajstić information content (AvgIpc) is 2.55. The SMILES string of the molecule is N#Cc1ccccc1NC(=O)[C@@H]1COc2ccccc2O1. The van der Waals surface area contributed by atoms with E-state index in [9.17, 15) is 4.79 Å². The van der Waals surface area contributed by atoms with Crippen molar-refractivity contribution in [3.05, 3.63) is 54.1 Å². The maximum absolute atomic E-state index is 12.2. The summed E-state index contributed by atoms with van der Waals surface area (Å²) in [6, 6.07) is 16.0. The van der Waals surface area contributed by atoms with Gasteiger partial charge >= 0.3 is 0 Å². The molecule has 0 unspecified atom stereocenters. The summed E-state index contributed by atoms with van der Waals surface area (Å²) >= 11 is 0. The first-order valence-electron chi connectivity index (χ1n) is 6.46. The molecule has 3 rings (SSSR count). The molecule has 0 bridgehead atoms. The number of nitrogens with zero attached hydrogens (tertiary/aromatic N) is 1. The second-order valence-corrected chi connectivity index (χ2v) is 4.51. The maximum Gasteiger partial charge on any atom is 0.269 e. The Labute approximate surface area is 121 Å². The third-order valence-corrected chi connectivity index (χ3v) is 3.11. The molecule has 0 fully saturated rings. The zero-order valence-electron chi connectivity index (χ0n) is 11.1. The number of carbonyl (C=O) groups excluding carboxylic acids is 1. The third-order valence-electron chi connectivity index (χ3n) is 3.11. The summed E-state index contributed by atoms with van der Waals surface area (Å²) in [5.74, 6) is 0.823. The Morgan fingerprint density at radius 1 is 1.14 bits per heavy atom. The lowest BCUT2D eigenvalue weighted by molar-refractivity contribution is -0.125. The number of amides is 1. The summed E-state index contributed by atoms with van der Waals surface area (Å²) in [5.41, 5.74) is 0.871. The van der Waals surface area contributed by atoms with Gasteiger partial charge < -0.3 is 14.8 Å². The van der Waals surface area contributed by atoms with Crippen LogP contribution < -0.4 is 14.8 Å². The van der Waals surface area contributed by atoms with Crippen LogP contribution in [-0.2, 0) is 4.79 Å². The van der Waals surface area contributed by atoms with Gasteiger partial charge in [-0.1, -0.05) is 24.3 Å². The van der Waals surface area contributed by atoms with E-state index in [1.807, 2.05) is 18.2 Å². The van der Waals surface area contributed by atoms with Crippen LogP contribution in [0.25, 0.3) is 0 Å². The number of nitrogens with one attached hydrogen (secondary N) is 1. The van der Waals surface area contributed by atoms with Gasteiger partial charge in [-0.25, -0.2) is 0 Å². The Morgan fingerprint density at radius 2 is 1.86 bits per heavy atom. The number of fused-ring (bicyclic) bond motifs is 1. The van der Waals surface area contributed by atoms with Crippen LogP contribution in [0.15, 0.2) is 48.5 Å². The van der Waals surface area contributed by atoms with Gasteiger partial charge in [0.15, 0.2) is 11.5 Å². The number of anilines is 1. The molecule has 0 saturated heterocycles. The number of benzene rings is 2. The highest BCUT2D eigenvalue weighted by Crippen LogP contribution is 2.31. The fourth-order valence-corrected chi connectivity index (χ4v) is 2.05. The standard InChI is InChI=1S/C16H12N2O3/c17-9-11-5-1-2-6-12(11)18-16(19)15-10-20-13-7-3-4-8-14(13)21-15/h1-8,15H,10H2,(H,18,19)/t15-/m0/s1. The normalized spacial score (nSPS) is 15.9. The summed E-state index contributed by atoms with van der Waals surface area (Å²) < 4.78 is 11.1. The molecule has 2 aromatic carbocycles. The maximum atomic E-state index is 12.2. The molecule has 0 radical (unpaired) electrons. The summed E-state index contributed by atoms with van der Waals surface area (Å²) in [6.45, 7) is 0.136. The van der Waals surface area contributed by atoms with E-state index in [1.54, 1.807) is 36.4 Å². The third kappa shape index (κ3) is 2.65. The molecular weight excluding hydrogens is 268 g/mol. The van der Waals surface area contributed by atoms with Crippen molar-refractivity contribution >= 4 is 11.6 Å². The molecule has 5 heteroatoms. The molecule has 1 atom stereocenters. The molecule has 5 nitrogen and oxygen atoms in total. The zero-order valence-corrected chi connectivity index (χ0v) is 11.1. The molecule has 0 aliphatic carbocycles. The van der Waals surface area contributed by atoms with E-state index >= 15 is 0 Å². The second kappa shape index (κ2) is 5.55. The van der Waals surface area contributed by atoms with Gasteiger partial charge in [0.2, 0.25) is 6.10 Å². The van der Waals surface area contributed by atoms with E-state index in [0.717, 1.165) is 0 Å². The molecule has 1 aliphatic heterocycles. The molecule has 0 aromatic heterocycles. The number of para-hydroxylation sites is 3. The van der Waals surface area contributed by atoms with E-state index in [2.05, 4.69) is 5.32 Å². The number of nitriles is 1. The summed E-state index contributed by atoms with van der Waals surface area (Å²) in [7, 11) is 0. The van der Waals surface area contributed by atoms with Crippen molar-refractivity contribution in [3.63, 3.8) is 0 Å². The second-order valence-electron chi connectivity index (χ2n) is 4.51. The van der Waals surface area contributed by atoms with Crippen molar-refractivity contribution in [1.29, 1.82) is 5.26 Å². The molecule has 1 aliphatic rings. The first kappa shape index (κ1) is 13.0. The molecule has 1 heterocycles. The van der Waals surface area contributed by atoms with E-state index in [4.69, 9.17) is 14.7 Å². The first-order chi connectivity index (χ1) is 10.3. The average molecular weight is 280 g/mol. The number of carbonyl (C=O) groups is 1. The van der Waals surface area contributed by atoms with Crippen molar-refractivity contribution in [3.8, 4) is 17.6 Å². The summed E-state index contributed by atoms with van der Waals surface area (Å²) in [5, 5.41) is 11.7. The monoisotopic (exact) mass is 280 g/mol. The number of ether oxygens (including phenoxy) is 2. The predicted octanol–water partition coefficient (Wildman–Crippen LogP) is 2.34. The molecule has 0 spiro atoms. The van der Waals surface area contributed by atoms with E-state index in [1.165, 1.54) is 0 Å². The van der Waals surface area contributed by atoms with Crippen molar-refractivity contribution in [2.45, 2.75) is 6.10 Å². The number of hydrogen-bond acceptors (Lipinski definition) is 4. The van der Waals surface area contributed by atoms with Gasteiger partial charge in [-0.15, -0.1) is 0 Å². The van der Waals surface area contributed by atoms with E-state index in [0.29, 0.717) is 22.7 Å². The molecule has 0 saturated carbocycles. The van der Waals surface area contributed by atoms with Gasteiger partial charge in [-0.2, -0.15) is 5.26 Å². The summed E-state index contributed by atoms with van der Waals surface area (Å²) in [4.78, 5) is 12.2. The van der Waals surface area contributed by atoms with E-state index < -0.39 is 6.10 Å². The molecule has 1 N–H and O–H groups in total. The van der Waals surface area contributed by atoms with Gasteiger partial charge in [0.05, 0.1) is 11.3 Å². The van der Waals surface area contributed by atoms with Crippen molar-refractivity contribution in [1.82, 2.24) is 0 Å². The van der Waals surface area contributed by atoms with Crippen LogP contribution >= 0.6 is 0 Å². The minimum atomic E-state index is -0.744. The molecular formula is C16H12N2O3. The Kier molecular flexibility index (Phi) is 3.44. The molecule has 21 heavy (non-hydrogen) atoms. The lowest BCUT2D eigenvalue weighted by atomic mass is 10.2. The van der Waals surface area contributed by atoms with Crippen LogP contribution in [0.5, 0.6) is 11.5 Å². The highest BCUT2D eigenvalue weighted by molar-refractivity contribution is 5.95. The lowest BCUT2D eigenvalue weighted by Gasteiger charge is -2.25. The predicted molar refractivity (Wildman–Crippen MR) is 76.1 cm³/mol. The Bertz CT molecular complexity index is 721. The van der Waals surface area contributed by atoms with Crippen LogP contribution in [-0.4, -0.2) is 18.6 Å². The van der Waals surface area contributed by atoms with Crippen LogP contribution in [0, 0.1) is 11.3 Å². The fourth-order valence-electron chi connectivity index (χ4n) is 2.05. The lowest BCUT2D eigenvalue weighted by Crippen LogP contribution is -2.40. The smallest absolute Gasteiger partial charge is 0.269 e. The van der Waals surface area contributed by atoms with Crippen LogP contribution in [0.3, 0.4) is 0 Å². The van der Waals surface area contributed by atoms with Gasteiger partial charge in [0.1, 0.15) is 12.7 Å². The van der Waals surface area contributed by atoms with Gasteiger partial charge in [-0.3, -0.25) is 4.79 Å². The molecule has 1 amide bonds. The molecule has 104 valence electrons. The Hall–Kier alpha value is -3.00. The zero-order chi connectivity index (χ0) is 14.7. The quantitative estimate of drug-likeness (QED) is 0.916. The highest BCUT2D eigenvalue weighted by atomic mass is 16.6. The first-order valence-corrected chi connectivity index (χ1v) is 6.46. The van der Waals surface area contributed by atoms with Crippen molar-refractivity contribution < 1.29 is 14.3 Å². The minimum absolute atomic E-state index is 0.136. The van der Waals surface area contributed by atoms with Crippen molar-refractivity contribution in [2.24, 2.45) is 0 Å². The van der Waals surface area contributed by atoms with E-state index in [-0.39, 0.29) is 12.5 Å². The van der Waals surface area contributed by atoms with Crippen LogP contribution in [0.2, 0.25) is 0 Å². The Balaban J connectivity index is 1.74. The van der Waals surface area contributed by atoms with Gasteiger partial charge in [-0.05, 0) is 24.3 Å². The number of hydrogen-bond donors (Lipinski definition) is 1. The van der Waals surface area contributed by atoms with Gasteiger partial charge in [0.25, 0.3) is 5.91 Å². The van der Waals surface area contributed by atoms with Crippen molar-refractivity contribution in [2.75, 3.05) is 11.9 Å². The topological polar surface area (TPSA) is 71.4 Å². The largest absolute Gasteiger partial charge is 0.485 e. The van der Waals surface area contributed by atoms with Gasteiger partial charge in [0, 0.05) is 0 Å². The van der Waals surface area contributed by atoms with Crippen LogP contribution in [0.4, 0.5) is 5.69 Å². The fraction of sp³-hybridized carbons (Fsp3) is 0.125. The van der Waals surface area contributed by atoms with Crippen LogP contribution in [0.1, 0.15) is 5.56 Å². The molecule has 2 aromatic rings. The Morgan fingerprint density at radius 3 is 2.67 bits per heavy atom. The highest BCUT2D eigenvalue weighted by Gasteiger charge is 2.27. The minimum Gasteiger partial charge on any atom is -0.485 e.